The van der Waals surface area contributed by atoms with Gasteiger partial charge in [0.15, 0.2) is 0 Å². The van der Waals surface area contributed by atoms with Gasteiger partial charge in [0, 0.05) is 12.1 Å². The van der Waals surface area contributed by atoms with Crippen molar-refractivity contribution in [2.45, 2.75) is 13.0 Å². The molecule has 1 aliphatic rings. The van der Waals surface area contributed by atoms with Gasteiger partial charge in [-0.3, -0.25) is 10.1 Å². The predicted octanol–water partition coefficient (Wildman–Crippen LogP) is 1.00. The smallest absolute Gasteiger partial charge is 0.378 e. The van der Waals surface area contributed by atoms with E-state index in [9.17, 15) is 14.4 Å². The van der Waals surface area contributed by atoms with Gasteiger partial charge in [-0.1, -0.05) is 30.3 Å². The highest BCUT2D eigenvalue weighted by Gasteiger charge is 2.29. The first-order valence-corrected chi connectivity index (χ1v) is 7.41. The maximum absolute atomic E-state index is 12.3. The number of benzene rings is 1. The minimum atomic E-state index is -1.30. The second kappa shape index (κ2) is 8.56. The second-order valence-corrected chi connectivity index (χ2v) is 4.75. The third-order valence-electron chi connectivity index (χ3n) is 2.99. The van der Waals surface area contributed by atoms with E-state index in [2.05, 4.69) is 10.6 Å². The molecule has 1 heterocycles. The van der Waals surface area contributed by atoms with E-state index >= 15 is 0 Å². The van der Waals surface area contributed by atoms with E-state index < -0.39 is 24.0 Å². The molecule has 0 bridgehead atoms. The molecule has 2 rings (SSSR count). The maximum atomic E-state index is 12.3. The van der Waals surface area contributed by atoms with E-state index in [4.69, 9.17) is 14.2 Å². The lowest BCUT2D eigenvalue weighted by Gasteiger charge is -2.20. The number of hydrogen-bond acceptors (Lipinski definition) is 6. The number of amides is 3. The highest BCUT2D eigenvalue weighted by Crippen LogP contribution is 2.20. The van der Waals surface area contributed by atoms with Crippen LogP contribution in [0.2, 0.25) is 0 Å². The molecule has 0 saturated carbocycles. The summed E-state index contributed by atoms with van der Waals surface area (Å²) in [5, 5.41) is 4.56. The molecule has 24 heavy (non-hydrogen) atoms. The first-order valence-electron chi connectivity index (χ1n) is 7.41. The summed E-state index contributed by atoms with van der Waals surface area (Å²) in [5.41, 5.74) is 0.421. The van der Waals surface area contributed by atoms with Crippen LogP contribution in [0.25, 0.3) is 0 Å². The zero-order valence-corrected chi connectivity index (χ0v) is 13.1. The van der Waals surface area contributed by atoms with Gasteiger partial charge in [-0.15, -0.1) is 0 Å². The van der Waals surface area contributed by atoms with Crippen molar-refractivity contribution in [1.29, 1.82) is 0 Å². The van der Waals surface area contributed by atoms with Crippen LogP contribution in [0.4, 0.5) is 4.79 Å². The normalized spacial score (nSPS) is 14.3. The number of carbonyl (C=O) groups excluding carboxylic acids is 3. The molecule has 0 aromatic heterocycles. The van der Waals surface area contributed by atoms with Gasteiger partial charge in [-0.05, 0) is 6.92 Å². The average Bonchev–Trinajstić information content (AvgIpc) is 2.61. The molecule has 0 spiro atoms. The van der Waals surface area contributed by atoms with Crippen molar-refractivity contribution in [2.75, 3.05) is 19.8 Å². The molecule has 0 saturated heterocycles. The summed E-state index contributed by atoms with van der Waals surface area (Å²) >= 11 is 0. The zero-order chi connectivity index (χ0) is 17.4. The number of urea groups is 1. The van der Waals surface area contributed by atoms with E-state index in [0.29, 0.717) is 18.7 Å². The van der Waals surface area contributed by atoms with E-state index in [1.54, 1.807) is 37.3 Å². The minimum absolute atomic E-state index is 0.131. The Bertz CT molecular complexity index is 629. The number of carbonyl (C=O) groups is 3. The van der Waals surface area contributed by atoms with Crippen LogP contribution in [-0.4, -0.2) is 37.7 Å². The van der Waals surface area contributed by atoms with Crippen LogP contribution in [0.5, 0.6) is 0 Å². The summed E-state index contributed by atoms with van der Waals surface area (Å²) in [6, 6.07) is 7.69. The average molecular weight is 334 g/mol. The van der Waals surface area contributed by atoms with E-state index in [0.717, 1.165) is 6.26 Å². The minimum Gasteiger partial charge on any atom is -0.493 e. The molecule has 128 valence electrons. The lowest BCUT2D eigenvalue weighted by Crippen LogP contribution is -2.42. The van der Waals surface area contributed by atoms with Crippen molar-refractivity contribution >= 4 is 17.9 Å². The molecule has 1 aliphatic heterocycles. The molecule has 0 unspecified atom stereocenters. The van der Waals surface area contributed by atoms with E-state index in [-0.39, 0.29) is 12.4 Å². The van der Waals surface area contributed by atoms with Crippen molar-refractivity contribution in [1.82, 2.24) is 10.6 Å². The van der Waals surface area contributed by atoms with Gasteiger partial charge in [0.1, 0.15) is 19.5 Å². The summed E-state index contributed by atoms with van der Waals surface area (Å²) in [6.07, 6.45) is -0.164. The van der Waals surface area contributed by atoms with Gasteiger partial charge in [0.05, 0.1) is 0 Å². The standard InChI is InChI=1S/C16H18N2O6/c1-2-17-16(21)18-14(19)13(11-6-4-3-5-7-11)24-15(20)12-10-22-8-9-23-12/h3-7,10,13H,2,8-9H2,1H3,(H2,17,18,19,21)/t13-/m0/s1. The molecule has 0 radical (unpaired) electrons. The van der Waals surface area contributed by atoms with Crippen LogP contribution in [0.15, 0.2) is 42.4 Å². The third-order valence-corrected chi connectivity index (χ3v) is 2.99. The van der Waals surface area contributed by atoms with Crippen molar-refractivity contribution in [3.63, 3.8) is 0 Å². The lowest BCUT2D eigenvalue weighted by molar-refractivity contribution is -0.156. The number of nitrogens with one attached hydrogen (secondary N) is 2. The van der Waals surface area contributed by atoms with Crippen LogP contribution < -0.4 is 10.6 Å². The molecule has 2 N–H and O–H groups in total. The van der Waals surface area contributed by atoms with Crippen molar-refractivity contribution in [2.24, 2.45) is 0 Å². The number of hydrogen-bond donors (Lipinski definition) is 2. The van der Waals surface area contributed by atoms with E-state index in [1.165, 1.54) is 0 Å². The molecular weight excluding hydrogens is 316 g/mol. The van der Waals surface area contributed by atoms with Gasteiger partial charge >= 0.3 is 12.0 Å². The lowest BCUT2D eigenvalue weighted by atomic mass is 10.1. The van der Waals surface area contributed by atoms with Gasteiger partial charge in [0.25, 0.3) is 5.91 Å². The topological polar surface area (TPSA) is 103 Å². The van der Waals surface area contributed by atoms with Crippen LogP contribution in [0.1, 0.15) is 18.6 Å². The van der Waals surface area contributed by atoms with Gasteiger partial charge in [-0.25, -0.2) is 9.59 Å². The summed E-state index contributed by atoms with van der Waals surface area (Å²) in [7, 11) is 0. The zero-order valence-electron chi connectivity index (χ0n) is 13.1. The fraction of sp³-hybridized carbons (Fsp3) is 0.312. The van der Waals surface area contributed by atoms with Crippen molar-refractivity contribution in [3.05, 3.63) is 47.9 Å². The molecule has 8 heteroatoms. The predicted molar refractivity (Wildman–Crippen MR) is 82.5 cm³/mol. The number of ether oxygens (including phenoxy) is 3. The SMILES string of the molecule is CCNC(=O)NC(=O)[C@@H](OC(=O)C1=COCCO1)c1ccccc1. The van der Waals surface area contributed by atoms with Crippen LogP contribution in [0, 0.1) is 0 Å². The first-order chi connectivity index (χ1) is 11.6. The molecule has 1 aromatic carbocycles. The Labute approximate surface area is 138 Å². The van der Waals surface area contributed by atoms with Crippen molar-refractivity contribution in [3.8, 4) is 0 Å². The summed E-state index contributed by atoms with van der Waals surface area (Å²) in [6.45, 7) is 2.61. The quantitative estimate of drug-likeness (QED) is 0.779. The summed E-state index contributed by atoms with van der Waals surface area (Å²) in [5.74, 6) is -1.75. The summed E-state index contributed by atoms with van der Waals surface area (Å²) < 4.78 is 15.3. The molecule has 0 fully saturated rings. The third kappa shape index (κ3) is 4.73. The maximum Gasteiger partial charge on any atom is 0.378 e. The summed E-state index contributed by atoms with van der Waals surface area (Å²) in [4.78, 5) is 36.0. The first kappa shape index (κ1) is 17.3. The fourth-order valence-corrected chi connectivity index (χ4v) is 1.92. The molecule has 1 aromatic rings. The molecule has 3 amide bonds. The van der Waals surface area contributed by atoms with Crippen LogP contribution in [-0.2, 0) is 23.8 Å². The fourth-order valence-electron chi connectivity index (χ4n) is 1.92. The van der Waals surface area contributed by atoms with Crippen molar-refractivity contribution < 1.29 is 28.6 Å². The highest BCUT2D eigenvalue weighted by atomic mass is 16.6. The monoisotopic (exact) mass is 334 g/mol. The Kier molecular flexibility index (Phi) is 6.18. The van der Waals surface area contributed by atoms with Crippen LogP contribution >= 0.6 is 0 Å². The Morgan fingerprint density at radius 1 is 1.21 bits per heavy atom. The second-order valence-electron chi connectivity index (χ2n) is 4.75. The highest BCUT2D eigenvalue weighted by molar-refractivity contribution is 5.98. The number of rotatable bonds is 5. The number of imide groups is 1. The molecule has 8 nitrogen and oxygen atoms in total. The Balaban J connectivity index is 2.14. The van der Waals surface area contributed by atoms with Gasteiger partial charge < -0.3 is 19.5 Å². The Hall–Kier alpha value is -3.03. The Morgan fingerprint density at radius 3 is 2.58 bits per heavy atom. The van der Waals surface area contributed by atoms with E-state index in [1.807, 2.05) is 0 Å². The Morgan fingerprint density at radius 2 is 1.96 bits per heavy atom. The van der Waals surface area contributed by atoms with Gasteiger partial charge in [0.2, 0.25) is 11.9 Å². The molecular formula is C16H18N2O6. The molecule has 1 atom stereocenters. The largest absolute Gasteiger partial charge is 0.493 e. The van der Waals surface area contributed by atoms with Gasteiger partial charge in [-0.2, -0.15) is 0 Å². The molecule has 0 aliphatic carbocycles. The van der Waals surface area contributed by atoms with Crippen LogP contribution in [0.3, 0.4) is 0 Å². The number of esters is 1.